The molecule has 2 heterocycles. The van der Waals surface area contributed by atoms with Gasteiger partial charge in [-0.15, -0.1) is 0 Å². The number of halogens is 4. The Morgan fingerprint density at radius 1 is 1.38 bits per heavy atom. The van der Waals surface area contributed by atoms with Crippen molar-refractivity contribution in [1.82, 2.24) is 9.78 Å². The number of carbonyl (C=O) groups excluding carboxylic acids is 1. The molecule has 0 aliphatic carbocycles. The number of nitrogens with zero attached hydrogens (tertiary/aromatic N) is 3. The van der Waals surface area contributed by atoms with Gasteiger partial charge < -0.3 is 9.64 Å². The van der Waals surface area contributed by atoms with Crippen molar-refractivity contribution in [2.45, 2.75) is 19.3 Å². The van der Waals surface area contributed by atoms with Crippen molar-refractivity contribution in [3.63, 3.8) is 0 Å². The molecule has 3 rings (SSSR count). The number of ether oxygens (including phenoxy) is 1. The Kier molecular flexibility index (Phi) is 4.16. The van der Waals surface area contributed by atoms with Crippen molar-refractivity contribution in [2.75, 3.05) is 18.6 Å². The molecule has 1 aliphatic heterocycles. The number of hydrogen-bond acceptors (Lipinski definition) is 4. The molecule has 0 amide bonds. The van der Waals surface area contributed by atoms with Crippen molar-refractivity contribution in [2.24, 2.45) is 0 Å². The van der Waals surface area contributed by atoms with Crippen LogP contribution < -0.4 is 4.90 Å². The molecule has 0 N–H and O–H groups in total. The number of rotatable bonds is 3. The zero-order valence-corrected chi connectivity index (χ0v) is 13.4. The molecule has 24 heavy (non-hydrogen) atoms. The predicted molar refractivity (Wildman–Crippen MR) is 81.1 cm³/mol. The van der Waals surface area contributed by atoms with Crippen LogP contribution in [-0.2, 0) is 24.0 Å². The van der Waals surface area contributed by atoms with E-state index in [1.54, 1.807) is 23.1 Å². The average Bonchev–Trinajstić information content (AvgIpc) is 3.06. The van der Waals surface area contributed by atoms with E-state index in [0.29, 0.717) is 18.1 Å². The number of alkyl halides is 3. The molecule has 0 atom stereocenters. The van der Waals surface area contributed by atoms with E-state index in [9.17, 15) is 18.0 Å². The largest absolute Gasteiger partial charge is 0.465 e. The molecule has 5 nitrogen and oxygen atoms in total. The van der Waals surface area contributed by atoms with Gasteiger partial charge in [-0.1, -0.05) is 23.7 Å². The molecule has 2 aromatic rings. The Morgan fingerprint density at radius 3 is 2.75 bits per heavy atom. The first kappa shape index (κ1) is 16.6. The number of benzene rings is 1. The minimum absolute atomic E-state index is 0.120. The van der Waals surface area contributed by atoms with Gasteiger partial charge in [0, 0.05) is 18.1 Å². The highest BCUT2D eigenvalue weighted by molar-refractivity contribution is 6.30. The molecule has 0 unspecified atom stereocenters. The second-order valence-electron chi connectivity index (χ2n) is 5.31. The molecule has 128 valence electrons. The van der Waals surface area contributed by atoms with Crippen molar-refractivity contribution in [3.8, 4) is 0 Å². The van der Waals surface area contributed by atoms with E-state index >= 15 is 0 Å². The summed E-state index contributed by atoms with van der Waals surface area (Å²) < 4.78 is 45.3. The second kappa shape index (κ2) is 6.01. The molecule has 1 aromatic carbocycles. The van der Waals surface area contributed by atoms with Crippen LogP contribution in [0.4, 0.5) is 19.0 Å². The summed E-state index contributed by atoms with van der Waals surface area (Å²) >= 11 is 5.94. The smallest absolute Gasteiger partial charge is 0.436 e. The van der Waals surface area contributed by atoms with E-state index in [-0.39, 0.29) is 12.4 Å². The number of aromatic nitrogens is 2. The Balaban J connectivity index is 2.03. The lowest BCUT2D eigenvalue weighted by molar-refractivity contribution is -0.142. The zero-order chi connectivity index (χ0) is 17.5. The summed E-state index contributed by atoms with van der Waals surface area (Å²) in [6, 6.07) is 7.00. The first-order valence-corrected chi connectivity index (χ1v) is 7.44. The van der Waals surface area contributed by atoms with E-state index in [1.165, 1.54) is 4.68 Å². The third-order valence-corrected chi connectivity index (χ3v) is 3.96. The monoisotopic (exact) mass is 359 g/mol. The molecule has 0 saturated heterocycles. The summed E-state index contributed by atoms with van der Waals surface area (Å²) in [7, 11) is 1.04. The molecule has 0 fully saturated rings. The third kappa shape index (κ3) is 2.93. The zero-order valence-electron chi connectivity index (χ0n) is 12.6. The standard InChI is InChI=1S/C15H13ClF3N3O2/c1-24-14(23)11-12(15(17,18)19)20-22-6-5-21(13(11)22)8-9-3-2-4-10(16)7-9/h2-4,7H,5-6,8H2,1H3. The Bertz CT molecular complexity index is 789. The summed E-state index contributed by atoms with van der Waals surface area (Å²) in [5.74, 6) is -0.935. The van der Waals surface area contributed by atoms with Crippen LogP contribution in [0.1, 0.15) is 21.6 Å². The predicted octanol–water partition coefficient (Wildman–Crippen LogP) is 3.36. The van der Waals surface area contributed by atoms with Crippen LogP contribution in [0, 0.1) is 0 Å². The average molecular weight is 360 g/mol. The summed E-state index contributed by atoms with van der Waals surface area (Å²) in [5.41, 5.74) is -0.953. The quantitative estimate of drug-likeness (QED) is 0.788. The van der Waals surface area contributed by atoms with Crippen LogP contribution in [0.2, 0.25) is 5.02 Å². The lowest BCUT2D eigenvalue weighted by Crippen LogP contribution is -2.23. The number of carbonyl (C=O) groups is 1. The van der Waals surface area contributed by atoms with Gasteiger partial charge in [0.05, 0.1) is 13.7 Å². The van der Waals surface area contributed by atoms with Crippen molar-refractivity contribution in [3.05, 3.63) is 46.1 Å². The van der Waals surface area contributed by atoms with Gasteiger partial charge in [0.1, 0.15) is 11.4 Å². The molecule has 9 heteroatoms. The Morgan fingerprint density at radius 2 is 2.12 bits per heavy atom. The van der Waals surface area contributed by atoms with Crippen LogP contribution in [0.25, 0.3) is 0 Å². The molecular weight excluding hydrogens is 347 g/mol. The van der Waals surface area contributed by atoms with Crippen LogP contribution in [0.3, 0.4) is 0 Å². The fourth-order valence-electron chi connectivity index (χ4n) is 2.75. The number of anilines is 1. The van der Waals surface area contributed by atoms with Gasteiger partial charge in [0.15, 0.2) is 5.69 Å². The topological polar surface area (TPSA) is 47.4 Å². The minimum Gasteiger partial charge on any atom is -0.465 e. The Hall–Kier alpha value is -2.22. The molecule has 0 radical (unpaired) electrons. The number of esters is 1. The fourth-order valence-corrected chi connectivity index (χ4v) is 2.96. The molecule has 0 spiro atoms. The van der Waals surface area contributed by atoms with Crippen LogP contribution in [0.15, 0.2) is 24.3 Å². The second-order valence-corrected chi connectivity index (χ2v) is 5.75. The molecular formula is C15H13ClF3N3O2. The van der Waals surface area contributed by atoms with Gasteiger partial charge in [-0.3, -0.25) is 0 Å². The van der Waals surface area contributed by atoms with E-state index in [1.807, 2.05) is 6.07 Å². The van der Waals surface area contributed by atoms with Crippen molar-refractivity contribution in [1.29, 1.82) is 0 Å². The van der Waals surface area contributed by atoms with Crippen LogP contribution in [-0.4, -0.2) is 29.4 Å². The van der Waals surface area contributed by atoms with Gasteiger partial charge in [0.2, 0.25) is 0 Å². The summed E-state index contributed by atoms with van der Waals surface area (Å²) in [6.45, 7) is 1.01. The minimum atomic E-state index is -4.73. The maximum atomic E-state index is 13.2. The number of fused-ring (bicyclic) bond motifs is 1. The maximum Gasteiger partial charge on any atom is 0.436 e. The van der Waals surface area contributed by atoms with Gasteiger partial charge in [0.25, 0.3) is 0 Å². The summed E-state index contributed by atoms with van der Waals surface area (Å²) in [6.07, 6.45) is -4.73. The van der Waals surface area contributed by atoms with E-state index in [4.69, 9.17) is 11.6 Å². The van der Waals surface area contributed by atoms with Crippen molar-refractivity contribution < 1.29 is 22.7 Å². The van der Waals surface area contributed by atoms with Gasteiger partial charge >= 0.3 is 12.1 Å². The third-order valence-electron chi connectivity index (χ3n) is 3.73. The van der Waals surface area contributed by atoms with Crippen LogP contribution >= 0.6 is 11.6 Å². The normalized spacial score (nSPS) is 14.0. The number of methoxy groups -OCH3 is 1. The molecule has 0 bridgehead atoms. The highest BCUT2D eigenvalue weighted by Crippen LogP contribution is 2.38. The van der Waals surface area contributed by atoms with E-state index in [2.05, 4.69) is 9.84 Å². The molecule has 1 aromatic heterocycles. The molecule has 1 aliphatic rings. The lowest BCUT2D eigenvalue weighted by Gasteiger charge is -2.19. The maximum absolute atomic E-state index is 13.2. The van der Waals surface area contributed by atoms with E-state index < -0.39 is 23.4 Å². The SMILES string of the molecule is COC(=O)c1c(C(F)(F)F)nn2c1N(Cc1cccc(Cl)c1)CC2. The number of hydrogen-bond donors (Lipinski definition) is 0. The highest BCUT2D eigenvalue weighted by Gasteiger charge is 2.44. The fraction of sp³-hybridized carbons (Fsp3) is 0.333. The van der Waals surface area contributed by atoms with E-state index in [0.717, 1.165) is 12.7 Å². The first-order valence-electron chi connectivity index (χ1n) is 7.07. The van der Waals surface area contributed by atoms with Gasteiger partial charge in [-0.25, -0.2) is 9.48 Å². The highest BCUT2D eigenvalue weighted by atomic mass is 35.5. The van der Waals surface area contributed by atoms with Crippen molar-refractivity contribution >= 4 is 23.4 Å². The molecule has 0 saturated carbocycles. The summed E-state index contributed by atoms with van der Waals surface area (Å²) in [4.78, 5) is 13.6. The Labute approximate surface area is 140 Å². The van der Waals surface area contributed by atoms with Gasteiger partial charge in [-0.2, -0.15) is 18.3 Å². The lowest BCUT2D eigenvalue weighted by atomic mass is 10.2. The summed E-state index contributed by atoms with van der Waals surface area (Å²) in [5, 5.41) is 4.10. The van der Waals surface area contributed by atoms with Crippen LogP contribution in [0.5, 0.6) is 0 Å². The van der Waals surface area contributed by atoms with Gasteiger partial charge in [-0.05, 0) is 17.7 Å². The first-order chi connectivity index (χ1) is 11.3.